The van der Waals surface area contributed by atoms with Crippen molar-refractivity contribution >= 4 is 17.6 Å². The van der Waals surface area contributed by atoms with Gasteiger partial charge in [-0.25, -0.2) is 0 Å². The second-order valence-corrected chi connectivity index (χ2v) is 6.05. The van der Waals surface area contributed by atoms with Crippen LogP contribution in [0, 0.1) is 5.92 Å². The zero-order valence-electron chi connectivity index (χ0n) is 11.8. The van der Waals surface area contributed by atoms with Gasteiger partial charge in [0, 0.05) is 29.6 Å². The number of halogens is 1. The maximum atomic E-state index is 11.3. The number of fused-ring (bicyclic) bond motifs is 1. The zero-order valence-corrected chi connectivity index (χ0v) is 12.6. The SMILES string of the molecule is CN(Cc1cc(Cl)cc2c1OCC2)C1COCC1C(=O)O. The molecule has 0 radical (unpaired) electrons. The van der Waals surface area contributed by atoms with Crippen LogP contribution >= 0.6 is 11.6 Å². The predicted octanol–water partition coefficient (Wildman–Crippen LogP) is 1.81. The van der Waals surface area contributed by atoms with Crippen LogP contribution in [0.1, 0.15) is 11.1 Å². The van der Waals surface area contributed by atoms with E-state index in [0.29, 0.717) is 24.8 Å². The average Bonchev–Trinajstić information content (AvgIpc) is 3.06. The van der Waals surface area contributed by atoms with Gasteiger partial charge < -0.3 is 14.6 Å². The summed E-state index contributed by atoms with van der Waals surface area (Å²) in [5, 5.41) is 9.94. The van der Waals surface area contributed by atoms with Crippen molar-refractivity contribution in [1.29, 1.82) is 0 Å². The Labute approximate surface area is 128 Å². The molecule has 114 valence electrons. The molecule has 1 N–H and O–H groups in total. The first kappa shape index (κ1) is 14.6. The topological polar surface area (TPSA) is 59.0 Å². The largest absolute Gasteiger partial charge is 0.493 e. The quantitative estimate of drug-likeness (QED) is 0.919. The highest BCUT2D eigenvalue weighted by atomic mass is 35.5. The van der Waals surface area contributed by atoms with Crippen LogP contribution in [0.15, 0.2) is 12.1 Å². The van der Waals surface area contributed by atoms with E-state index in [9.17, 15) is 9.90 Å². The van der Waals surface area contributed by atoms with Crippen molar-refractivity contribution in [2.45, 2.75) is 19.0 Å². The molecular formula is C15H18ClNO4. The normalized spacial score (nSPS) is 24.1. The number of ether oxygens (including phenoxy) is 2. The Bertz CT molecular complexity index is 563. The summed E-state index contributed by atoms with van der Waals surface area (Å²) in [5.41, 5.74) is 2.14. The van der Waals surface area contributed by atoms with E-state index in [1.807, 2.05) is 24.1 Å². The van der Waals surface area contributed by atoms with Gasteiger partial charge >= 0.3 is 5.97 Å². The summed E-state index contributed by atoms with van der Waals surface area (Å²) in [6.45, 7) is 1.99. The number of hydrogen-bond acceptors (Lipinski definition) is 4. The van der Waals surface area contributed by atoms with Gasteiger partial charge in [-0.2, -0.15) is 0 Å². The van der Waals surface area contributed by atoms with Gasteiger partial charge in [-0.15, -0.1) is 0 Å². The monoisotopic (exact) mass is 311 g/mol. The van der Waals surface area contributed by atoms with E-state index in [1.165, 1.54) is 0 Å². The Morgan fingerprint density at radius 1 is 1.48 bits per heavy atom. The van der Waals surface area contributed by atoms with Crippen LogP contribution in [0.2, 0.25) is 5.02 Å². The van der Waals surface area contributed by atoms with Crippen molar-refractivity contribution in [1.82, 2.24) is 4.90 Å². The van der Waals surface area contributed by atoms with E-state index in [0.717, 1.165) is 23.3 Å². The molecule has 0 aromatic heterocycles. The third-order valence-corrected chi connectivity index (χ3v) is 4.40. The summed E-state index contributed by atoms with van der Waals surface area (Å²) < 4.78 is 11.0. The standard InChI is InChI=1S/C15H18ClNO4/c1-17(13-8-20-7-12(13)15(18)19)6-10-5-11(16)4-9-2-3-21-14(9)10/h4-5,12-13H,2-3,6-8H2,1H3,(H,18,19). The van der Waals surface area contributed by atoms with Crippen molar-refractivity contribution in [2.75, 3.05) is 26.9 Å². The highest BCUT2D eigenvalue weighted by molar-refractivity contribution is 6.30. The number of hydrogen-bond donors (Lipinski definition) is 1. The summed E-state index contributed by atoms with van der Waals surface area (Å²) >= 11 is 6.16. The molecule has 6 heteroatoms. The summed E-state index contributed by atoms with van der Waals surface area (Å²) in [6.07, 6.45) is 0.872. The second kappa shape index (κ2) is 5.83. The van der Waals surface area contributed by atoms with Crippen molar-refractivity contribution in [3.05, 3.63) is 28.3 Å². The second-order valence-electron chi connectivity index (χ2n) is 5.62. The Hall–Kier alpha value is -1.30. The first-order valence-corrected chi connectivity index (χ1v) is 7.39. The van der Waals surface area contributed by atoms with Gasteiger partial charge in [0.05, 0.1) is 25.7 Å². The van der Waals surface area contributed by atoms with E-state index >= 15 is 0 Å². The molecule has 0 aliphatic carbocycles. The maximum Gasteiger partial charge on any atom is 0.310 e. The molecule has 1 fully saturated rings. The van der Waals surface area contributed by atoms with Crippen LogP contribution in [-0.4, -0.2) is 48.9 Å². The maximum absolute atomic E-state index is 11.3. The lowest BCUT2D eigenvalue weighted by Crippen LogP contribution is -2.40. The molecule has 0 spiro atoms. The molecule has 21 heavy (non-hydrogen) atoms. The predicted molar refractivity (Wildman–Crippen MR) is 77.9 cm³/mol. The van der Waals surface area contributed by atoms with Crippen molar-refractivity contribution in [3.63, 3.8) is 0 Å². The molecule has 0 saturated carbocycles. The fourth-order valence-corrected chi connectivity index (χ4v) is 3.33. The molecule has 1 aromatic rings. The van der Waals surface area contributed by atoms with Gasteiger partial charge in [-0.1, -0.05) is 11.6 Å². The van der Waals surface area contributed by atoms with E-state index in [-0.39, 0.29) is 12.6 Å². The van der Waals surface area contributed by atoms with Crippen LogP contribution < -0.4 is 4.74 Å². The van der Waals surface area contributed by atoms with E-state index in [4.69, 9.17) is 21.1 Å². The molecular weight excluding hydrogens is 294 g/mol. The lowest BCUT2D eigenvalue weighted by atomic mass is 10.0. The van der Waals surface area contributed by atoms with Gasteiger partial charge in [0.15, 0.2) is 0 Å². The number of carboxylic acids is 1. The smallest absolute Gasteiger partial charge is 0.310 e. The highest BCUT2D eigenvalue weighted by Crippen LogP contribution is 2.34. The number of carbonyl (C=O) groups is 1. The Morgan fingerprint density at radius 2 is 2.29 bits per heavy atom. The minimum atomic E-state index is -0.808. The van der Waals surface area contributed by atoms with E-state index in [1.54, 1.807) is 0 Å². The summed E-state index contributed by atoms with van der Waals surface area (Å²) in [7, 11) is 1.91. The molecule has 2 aliphatic heterocycles. The van der Waals surface area contributed by atoms with Crippen LogP contribution in [0.5, 0.6) is 5.75 Å². The molecule has 5 nitrogen and oxygen atoms in total. The number of rotatable bonds is 4. The minimum Gasteiger partial charge on any atom is -0.493 e. The summed E-state index contributed by atoms with van der Waals surface area (Å²) in [6, 6.07) is 3.71. The lowest BCUT2D eigenvalue weighted by Gasteiger charge is -2.26. The molecule has 0 amide bonds. The van der Waals surface area contributed by atoms with Crippen LogP contribution in [0.3, 0.4) is 0 Å². The lowest BCUT2D eigenvalue weighted by molar-refractivity contribution is -0.143. The minimum absolute atomic E-state index is 0.126. The Kier molecular flexibility index (Phi) is 4.06. The number of likely N-dealkylation sites (N-methyl/N-ethyl adjacent to an activating group) is 1. The van der Waals surface area contributed by atoms with Crippen molar-refractivity contribution < 1.29 is 19.4 Å². The van der Waals surface area contributed by atoms with Crippen LogP contribution in [0.25, 0.3) is 0 Å². The van der Waals surface area contributed by atoms with Crippen molar-refractivity contribution in [2.24, 2.45) is 5.92 Å². The summed E-state index contributed by atoms with van der Waals surface area (Å²) in [5.74, 6) is -0.392. The molecule has 1 aromatic carbocycles. The molecule has 2 heterocycles. The molecule has 2 unspecified atom stereocenters. The van der Waals surface area contributed by atoms with E-state index < -0.39 is 11.9 Å². The number of aliphatic carboxylic acids is 1. The van der Waals surface area contributed by atoms with Gasteiger partial charge in [-0.05, 0) is 24.7 Å². The third-order valence-electron chi connectivity index (χ3n) is 4.18. The Balaban J connectivity index is 1.79. The van der Waals surface area contributed by atoms with Gasteiger partial charge in [0.25, 0.3) is 0 Å². The average molecular weight is 312 g/mol. The van der Waals surface area contributed by atoms with E-state index in [2.05, 4.69) is 0 Å². The van der Waals surface area contributed by atoms with Crippen LogP contribution in [0.4, 0.5) is 0 Å². The molecule has 3 rings (SSSR count). The number of nitrogens with zero attached hydrogens (tertiary/aromatic N) is 1. The number of benzene rings is 1. The van der Waals surface area contributed by atoms with Gasteiger partial charge in [-0.3, -0.25) is 9.69 Å². The molecule has 0 bridgehead atoms. The zero-order chi connectivity index (χ0) is 15.0. The fraction of sp³-hybridized carbons (Fsp3) is 0.533. The van der Waals surface area contributed by atoms with Crippen molar-refractivity contribution in [3.8, 4) is 5.75 Å². The third kappa shape index (κ3) is 2.86. The first-order chi connectivity index (χ1) is 10.1. The molecule has 2 aliphatic rings. The summed E-state index contributed by atoms with van der Waals surface area (Å²) in [4.78, 5) is 13.3. The van der Waals surface area contributed by atoms with Gasteiger partial charge in [0.1, 0.15) is 5.75 Å². The first-order valence-electron chi connectivity index (χ1n) is 7.01. The van der Waals surface area contributed by atoms with Gasteiger partial charge in [0.2, 0.25) is 0 Å². The Morgan fingerprint density at radius 3 is 3.05 bits per heavy atom. The highest BCUT2D eigenvalue weighted by Gasteiger charge is 2.37. The molecule has 1 saturated heterocycles. The number of carboxylic acid groups (broad SMARTS) is 1. The molecule has 2 atom stereocenters. The van der Waals surface area contributed by atoms with Crippen LogP contribution in [-0.2, 0) is 22.5 Å². The fourth-order valence-electron chi connectivity index (χ4n) is 3.06.